The number of nitrogens with two attached hydrogens (primary N) is 2. The molecule has 0 amide bonds. The highest BCUT2D eigenvalue weighted by molar-refractivity contribution is 6.36. The zero-order valence-electron chi connectivity index (χ0n) is 24.2. The molecule has 0 spiro atoms. The molecule has 0 unspecified atom stereocenters. The van der Waals surface area contributed by atoms with Crippen LogP contribution in [0.15, 0.2) is 30.5 Å². The molecular weight excluding hydrogens is 601 g/mol. The molecule has 0 bridgehead atoms. The number of hydrogen-bond acceptors (Lipinski definition) is 11. The summed E-state index contributed by atoms with van der Waals surface area (Å²) in [6.45, 7) is 3.27. The number of anilines is 3. The Morgan fingerprint density at radius 2 is 1.93 bits per heavy atom. The van der Waals surface area contributed by atoms with Crippen molar-refractivity contribution in [1.82, 2.24) is 24.8 Å². The minimum atomic E-state index is -4.73. The topological polar surface area (TPSA) is 138 Å². The molecule has 232 valence electrons. The van der Waals surface area contributed by atoms with E-state index < -0.39 is 17.4 Å². The Labute approximate surface area is 255 Å². The molecule has 4 aromatic rings. The van der Waals surface area contributed by atoms with Gasteiger partial charge in [0.2, 0.25) is 0 Å². The first-order chi connectivity index (χ1) is 20.9. The number of pyridine rings is 2. The first kappa shape index (κ1) is 29.9. The van der Waals surface area contributed by atoms with Gasteiger partial charge in [-0.1, -0.05) is 17.7 Å². The van der Waals surface area contributed by atoms with Crippen molar-refractivity contribution in [3.8, 4) is 23.0 Å². The van der Waals surface area contributed by atoms with E-state index in [0.29, 0.717) is 43.3 Å². The number of halogens is 4. The molecule has 0 radical (unpaired) electrons. The molecule has 2 aliphatic rings. The Kier molecular flexibility index (Phi) is 7.54. The average molecular weight is 631 g/mol. The highest BCUT2D eigenvalue weighted by Crippen LogP contribution is 2.48. The normalized spacial score (nSPS) is 16.0. The third-order valence-corrected chi connectivity index (χ3v) is 8.35. The van der Waals surface area contributed by atoms with Crippen LogP contribution in [0.4, 0.5) is 30.6 Å². The summed E-state index contributed by atoms with van der Waals surface area (Å²) in [6, 6.07) is 6.27. The molecule has 11 nitrogen and oxygen atoms in total. The van der Waals surface area contributed by atoms with E-state index in [1.807, 2.05) is 30.0 Å². The number of alkyl halides is 3. The van der Waals surface area contributed by atoms with Gasteiger partial charge in [0.05, 0.1) is 46.9 Å². The maximum Gasteiger partial charge on any atom is 0.418 e. The summed E-state index contributed by atoms with van der Waals surface area (Å²) >= 11 is 6.85. The molecule has 3 aromatic heterocycles. The second-order valence-electron chi connectivity index (χ2n) is 11.1. The molecule has 0 aliphatic carbocycles. The molecule has 2 aliphatic heterocycles. The van der Waals surface area contributed by atoms with Crippen LogP contribution in [0.3, 0.4) is 0 Å². The van der Waals surface area contributed by atoms with E-state index in [1.165, 1.54) is 19.1 Å². The van der Waals surface area contributed by atoms with E-state index >= 15 is 0 Å². The summed E-state index contributed by atoms with van der Waals surface area (Å²) in [5, 5.41) is 0.342. The molecule has 1 aromatic carbocycles. The van der Waals surface area contributed by atoms with Gasteiger partial charge in [0.15, 0.2) is 5.75 Å². The standard InChI is InChI=1S/C29H30ClF3N8O3/c1-15-9-19(34)38-23(21(15)29(31,32)33)17-10-18-20-24(22(17)30)43-8-7-41(11-16-5-4-6-36-25(16)35)26(20)39-27(37-18)44-14-28(40(2)3)12-42-13-28/h4-6,9-10H,7-8,11-14H2,1-3H3,(H2,34,38)(H2,35,36). The van der Waals surface area contributed by atoms with E-state index in [2.05, 4.69) is 15.0 Å². The van der Waals surface area contributed by atoms with Crippen LogP contribution >= 0.6 is 11.6 Å². The molecule has 0 atom stereocenters. The SMILES string of the molecule is Cc1cc(N)nc(-c2cc3nc(OCC4(N(C)C)COC4)nc4c3c(c2Cl)OCCN4Cc2cccnc2N)c1C(F)(F)F. The second kappa shape index (κ2) is 11.1. The Hall–Kier alpha value is -4.14. The van der Waals surface area contributed by atoms with Crippen LogP contribution in [-0.2, 0) is 17.5 Å². The molecule has 1 fully saturated rings. The van der Waals surface area contributed by atoms with Gasteiger partial charge in [-0.25, -0.2) is 9.97 Å². The molecule has 44 heavy (non-hydrogen) atoms. The quantitative estimate of drug-likeness (QED) is 0.302. The Morgan fingerprint density at radius 1 is 1.16 bits per heavy atom. The lowest BCUT2D eigenvalue weighted by atomic mass is 9.97. The molecule has 5 heterocycles. The van der Waals surface area contributed by atoms with Gasteiger partial charge in [0.25, 0.3) is 0 Å². The predicted octanol–water partition coefficient (Wildman–Crippen LogP) is 4.34. The van der Waals surface area contributed by atoms with E-state index in [4.69, 9.17) is 42.3 Å². The zero-order valence-corrected chi connectivity index (χ0v) is 25.0. The monoisotopic (exact) mass is 630 g/mol. The number of nitrogen functional groups attached to an aromatic ring is 2. The molecule has 1 saturated heterocycles. The van der Waals surface area contributed by atoms with Gasteiger partial charge in [0, 0.05) is 23.9 Å². The predicted molar refractivity (Wildman–Crippen MR) is 160 cm³/mol. The van der Waals surface area contributed by atoms with E-state index in [1.54, 1.807) is 12.3 Å². The number of rotatable bonds is 7. The van der Waals surface area contributed by atoms with Gasteiger partial charge >= 0.3 is 12.2 Å². The van der Waals surface area contributed by atoms with Gasteiger partial charge in [0.1, 0.15) is 36.2 Å². The van der Waals surface area contributed by atoms with Gasteiger partial charge in [-0.15, -0.1) is 0 Å². The summed E-state index contributed by atoms with van der Waals surface area (Å²) < 4.78 is 60.7. The van der Waals surface area contributed by atoms with Crippen LogP contribution in [0.2, 0.25) is 5.02 Å². The van der Waals surface area contributed by atoms with Gasteiger partial charge in [-0.3, -0.25) is 4.90 Å². The van der Waals surface area contributed by atoms with Crippen molar-refractivity contribution in [2.24, 2.45) is 0 Å². The van der Waals surface area contributed by atoms with Crippen molar-refractivity contribution >= 4 is 40.0 Å². The first-order valence-electron chi connectivity index (χ1n) is 13.7. The van der Waals surface area contributed by atoms with Crippen molar-refractivity contribution in [2.45, 2.75) is 25.2 Å². The Morgan fingerprint density at radius 3 is 2.59 bits per heavy atom. The Balaban J connectivity index is 1.56. The lowest BCUT2D eigenvalue weighted by molar-refractivity contribution is -0.141. The van der Waals surface area contributed by atoms with Crippen molar-refractivity contribution in [1.29, 1.82) is 0 Å². The highest BCUT2D eigenvalue weighted by Gasteiger charge is 2.42. The number of likely N-dealkylation sites (N-methyl/N-ethyl adjacent to an activating group) is 1. The number of aryl methyl sites for hydroxylation is 1. The minimum absolute atomic E-state index is 0.0265. The molecule has 6 rings (SSSR count). The fraction of sp³-hybridized carbons (Fsp3) is 0.379. The fourth-order valence-corrected chi connectivity index (χ4v) is 5.66. The molecule has 15 heteroatoms. The van der Waals surface area contributed by atoms with E-state index in [-0.39, 0.29) is 58.0 Å². The van der Waals surface area contributed by atoms with Gasteiger partial charge in [-0.05, 0) is 44.8 Å². The third-order valence-electron chi connectivity index (χ3n) is 7.97. The lowest BCUT2D eigenvalue weighted by Crippen LogP contribution is -2.63. The highest BCUT2D eigenvalue weighted by atomic mass is 35.5. The largest absolute Gasteiger partial charge is 0.489 e. The van der Waals surface area contributed by atoms with E-state index in [9.17, 15) is 13.2 Å². The number of benzene rings is 1. The molecular formula is C29H30ClF3N8O3. The van der Waals surface area contributed by atoms with Crippen LogP contribution in [0.5, 0.6) is 11.8 Å². The first-order valence-corrected chi connectivity index (χ1v) is 14.1. The maximum absolute atomic E-state index is 14.3. The van der Waals surface area contributed by atoms with E-state index in [0.717, 1.165) is 5.56 Å². The van der Waals surface area contributed by atoms with Gasteiger partial charge < -0.3 is 30.6 Å². The second-order valence-corrected chi connectivity index (χ2v) is 11.5. The van der Waals surface area contributed by atoms with Gasteiger partial charge in [-0.2, -0.15) is 23.1 Å². The Bertz CT molecular complexity index is 1750. The summed E-state index contributed by atoms with van der Waals surface area (Å²) in [6.07, 6.45) is -3.13. The third kappa shape index (κ3) is 5.26. The average Bonchev–Trinajstić information content (AvgIpc) is 3.10. The smallest absolute Gasteiger partial charge is 0.418 e. The molecule has 0 saturated carbocycles. The fourth-order valence-electron chi connectivity index (χ4n) is 5.37. The van der Waals surface area contributed by atoms with Crippen molar-refractivity contribution < 1.29 is 27.4 Å². The summed E-state index contributed by atoms with van der Waals surface area (Å²) in [7, 11) is 3.86. The minimum Gasteiger partial charge on any atom is -0.489 e. The number of hydrogen-bond donors (Lipinski definition) is 2. The summed E-state index contributed by atoms with van der Waals surface area (Å²) in [5.74, 6) is 0.826. The molecule has 4 N–H and O–H groups in total. The van der Waals surface area contributed by atoms with Crippen LogP contribution in [-0.4, -0.2) is 77.4 Å². The lowest BCUT2D eigenvalue weighted by Gasteiger charge is -2.45. The van der Waals surface area contributed by atoms with Crippen molar-refractivity contribution in [3.05, 3.63) is 52.2 Å². The van der Waals surface area contributed by atoms with Crippen molar-refractivity contribution in [2.75, 3.05) is 63.4 Å². The van der Waals surface area contributed by atoms with Crippen molar-refractivity contribution in [3.63, 3.8) is 0 Å². The van der Waals surface area contributed by atoms with Crippen LogP contribution < -0.4 is 25.8 Å². The van der Waals surface area contributed by atoms with Crippen LogP contribution in [0.25, 0.3) is 22.2 Å². The summed E-state index contributed by atoms with van der Waals surface area (Å²) in [5.41, 5.74) is 11.2. The summed E-state index contributed by atoms with van der Waals surface area (Å²) in [4.78, 5) is 21.6. The number of nitrogens with zero attached hydrogens (tertiary/aromatic N) is 6. The zero-order chi connectivity index (χ0) is 31.4. The number of ether oxygens (including phenoxy) is 3. The maximum atomic E-state index is 14.3. The van der Waals surface area contributed by atoms with Crippen LogP contribution in [0, 0.1) is 6.92 Å². The number of aromatic nitrogens is 4. The van der Waals surface area contributed by atoms with Crippen LogP contribution in [0.1, 0.15) is 16.7 Å².